The number of hydrogen-bond acceptors (Lipinski definition) is 6. The van der Waals surface area contributed by atoms with Gasteiger partial charge < -0.3 is 15.2 Å². The van der Waals surface area contributed by atoms with Crippen molar-refractivity contribution < 1.29 is 28.6 Å². The summed E-state index contributed by atoms with van der Waals surface area (Å²) in [5, 5.41) is 13.8. The molecule has 1 atom stereocenters. The number of benzene rings is 2. The average Bonchev–Trinajstić information content (AvgIpc) is 3.10. The van der Waals surface area contributed by atoms with E-state index in [1.54, 1.807) is 42.5 Å². The van der Waals surface area contributed by atoms with Gasteiger partial charge in [-0.15, -0.1) is 0 Å². The van der Waals surface area contributed by atoms with Crippen LogP contribution in [0, 0.1) is 5.82 Å². The van der Waals surface area contributed by atoms with E-state index in [-0.39, 0.29) is 22.8 Å². The predicted molar refractivity (Wildman–Crippen MR) is 123 cm³/mol. The van der Waals surface area contributed by atoms with Crippen molar-refractivity contribution in [3.05, 3.63) is 89.5 Å². The third-order valence-electron chi connectivity index (χ3n) is 5.29. The lowest BCUT2D eigenvalue weighted by Crippen LogP contribution is -2.29. The molecular weight excluding hydrogens is 441 g/mol. The number of nitrogens with zero attached hydrogens (tertiary/aromatic N) is 2. The fourth-order valence-electron chi connectivity index (χ4n) is 3.84. The standard InChI is InChI=1S/C25H20FN3O5/c1-14(30)28-16-7-9-17(10-8-16)29-22(19-5-3-4-12-27-19)21(24(32)25(29)33)23(31)18-13-15(26)6-11-20(18)34-2/h3-13,22,31H,1-2H3,(H,28,30)/b23-21+. The molecule has 1 aliphatic heterocycles. The minimum Gasteiger partial charge on any atom is -0.507 e. The van der Waals surface area contributed by atoms with Crippen LogP contribution in [0.5, 0.6) is 5.75 Å². The summed E-state index contributed by atoms with van der Waals surface area (Å²) in [7, 11) is 1.34. The number of amides is 2. The molecule has 8 nitrogen and oxygen atoms in total. The highest BCUT2D eigenvalue weighted by Gasteiger charge is 2.47. The van der Waals surface area contributed by atoms with Crippen LogP contribution in [0.3, 0.4) is 0 Å². The Hall–Kier alpha value is -4.53. The lowest BCUT2D eigenvalue weighted by Gasteiger charge is -2.25. The zero-order chi connectivity index (χ0) is 24.4. The van der Waals surface area contributed by atoms with Gasteiger partial charge in [-0.2, -0.15) is 0 Å². The highest BCUT2D eigenvalue weighted by molar-refractivity contribution is 6.51. The summed E-state index contributed by atoms with van der Waals surface area (Å²) in [6.45, 7) is 1.37. The molecule has 2 N–H and O–H groups in total. The Balaban J connectivity index is 1.90. The molecule has 0 spiro atoms. The van der Waals surface area contributed by atoms with Gasteiger partial charge in [-0.3, -0.25) is 24.3 Å². The Labute approximate surface area is 194 Å². The molecule has 34 heavy (non-hydrogen) atoms. The van der Waals surface area contributed by atoms with E-state index in [2.05, 4.69) is 10.3 Å². The van der Waals surface area contributed by atoms with Crippen LogP contribution >= 0.6 is 0 Å². The van der Waals surface area contributed by atoms with E-state index >= 15 is 0 Å². The molecule has 172 valence electrons. The maximum atomic E-state index is 14.0. The summed E-state index contributed by atoms with van der Waals surface area (Å²) in [6.07, 6.45) is 1.50. The second kappa shape index (κ2) is 9.14. The van der Waals surface area contributed by atoms with Gasteiger partial charge in [-0.1, -0.05) is 6.07 Å². The predicted octanol–water partition coefficient (Wildman–Crippen LogP) is 3.81. The van der Waals surface area contributed by atoms with E-state index in [1.807, 2.05) is 0 Å². The fraction of sp³-hybridized carbons (Fsp3) is 0.120. The average molecular weight is 461 g/mol. The van der Waals surface area contributed by atoms with E-state index in [0.717, 1.165) is 12.1 Å². The number of Topliss-reactive ketones (excluding diaryl/α,β-unsaturated/α-hetero) is 1. The van der Waals surface area contributed by atoms with Crippen molar-refractivity contribution in [1.82, 2.24) is 4.98 Å². The summed E-state index contributed by atoms with van der Waals surface area (Å²) in [6, 6.07) is 13.7. The highest BCUT2D eigenvalue weighted by Crippen LogP contribution is 2.42. The second-order valence-electron chi connectivity index (χ2n) is 7.50. The Morgan fingerprint density at radius 3 is 2.47 bits per heavy atom. The van der Waals surface area contributed by atoms with Crippen molar-refractivity contribution in [3.63, 3.8) is 0 Å². The molecule has 1 unspecified atom stereocenters. The Morgan fingerprint density at radius 2 is 1.85 bits per heavy atom. The summed E-state index contributed by atoms with van der Waals surface area (Å²) in [4.78, 5) is 43.1. The first-order valence-corrected chi connectivity index (χ1v) is 10.2. The van der Waals surface area contributed by atoms with Crippen LogP contribution in [-0.4, -0.2) is 34.8 Å². The van der Waals surface area contributed by atoms with Crippen LogP contribution in [0.25, 0.3) is 5.76 Å². The smallest absolute Gasteiger partial charge is 0.300 e. The van der Waals surface area contributed by atoms with Crippen LogP contribution in [0.2, 0.25) is 0 Å². The van der Waals surface area contributed by atoms with Crippen LogP contribution in [-0.2, 0) is 14.4 Å². The van der Waals surface area contributed by atoms with Crippen LogP contribution in [0.4, 0.5) is 15.8 Å². The maximum Gasteiger partial charge on any atom is 0.300 e. The molecule has 1 aliphatic rings. The number of aliphatic hydroxyl groups excluding tert-OH is 1. The molecule has 1 aromatic heterocycles. The number of rotatable bonds is 5. The molecule has 1 fully saturated rings. The summed E-state index contributed by atoms with van der Waals surface area (Å²) in [5.74, 6) is -3.21. The van der Waals surface area contributed by atoms with Crippen molar-refractivity contribution >= 4 is 34.7 Å². The Morgan fingerprint density at radius 1 is 1.12 bits per heavy atom. The van der Waals surface area contributed by atoms with Crippen molar-refractivity contribution in [1.29, 1.82) is 0 Å². The number of aromatic nitrogens is 1. The highest BCUT2D eigenvalue weighted by atomic mass is 19.1. The molecule has 0 radical (unpaired) electrons. The molecule has 1 saturated heterocycles. The number of carbonyl (C=O) groups is 3. The van der Waals surface area contributed by atoms with Crippen LogP contribution in [0.1, 0.15) is 24.2 Å². The van der Waals surface area contributed by atoms with Gasteiger partial charge >= 0.3 is 0 Å². The van der Waals surface area contributed by atoms with Gasteiger partial charge in [0.25, 0.3) is 11.7 Å². The van der Waals surface area contributed by atoms with Crippen molar-refractivity contribution in [3.8, 4) is 5.75 Å². The summed E-state index contributed by atoms with van der Waals surface area (Å²) < 4.78 is 19.2. The molecule has 2 aromatic carbocycles. The maximum absolute atomic E-state index is 14.0. The minimum absolute atomic E-state index is 0.0672. The van der Waals surface area contributed by atoms with Crippen molar-refractivity contribution in [2.75, 3.05) is 17.3 Å². The zero-order valence-electron chi connectivity index (χ0n) is 18.3. The number of pyridine rings is 1. The third-order valence-corrected chi connectivity index (χ3v) is 5.29. The molecule has 0 bridgehead atoms. The van der Waals surface area contributed by atoms with Gasteiger partial charge in [0.05, 0.1) is 23.9 Å². The second-order valence-corrected chi connectivity index (χ2v) is 7.50. The Kier molecular flexibility index (Phi) is 6.09. The third kappa shape index (κ3) is 4.11. The van der Waals surface area contributed by atoms with Gasteiger partial charge in [-0.05, 0) is 54.6 Å². The first-order chi connectivity index (χ1) is 16.3. The van der Waals surface area contributed by atoms with Gasteiger partial charge in [0, 0.05) is 24.5 Å². The van der Waals surface area contributed by atoms with E-state index in [9.17, 15) is 23.9 Å². The molecule has 0 aliphatic carbocycles. The summed E-state index contributed by atoms with van der Waals surface area (Å²) in [5.41, 5.74) is 0.856. The topological polar surface area (TPSA) is 109 Å². The SMILES string of the molecule is COc1ccc(F)cc1/C(O)=C1\C(=O)C(=O)N(c2ccc(NC(C)=O)cc2)C1c1ccccn1. The van der Waals surface area contributed by atoms with Crippen molar-refractivity contribution in [2.24, 2.45) is 0 Å². The number of anilines is 2. The summed E-state index contributed by atoms with van der Waals surface area (Å²) >= 11 is 0. The lowest BCUT2D eigenvalue weighted by molar-refractivity contribution is -0.132. The van der Waals surface area contributed by atoms with E-state index < -0.39 is 29.3 Å². The Bertz CT molecular complexity index is 1310. The van der Waals surface area contributed by atoms with Crippen LogP contribution in [0.15, 0.2) is 72.4 Å². The number of ether oxygens (including phenoxy) is 1. The number of halogens is 1. The zero-order valence-corrected chi connectivity index (χ0v) is 18.3. The van der Waals surface area contributed by atoms with Gasteiger partial charge in [0.2, 0.25) is 5.91 Å². The monoisotopic (exact) mass is 461 g/mol. The lowest BCUT2D eigenvalue weighted by atomic mass is 9.97. The minimum atomic E-state index is -1.08. The molecule has 2 heterocycles. The first kappa shape index (κ1) is 22.7. The van der Waals surface area contributed by atoms with Gasteiger partial charge in [0.15, 0.2) is 0 Å². The number of carbonyl (C=O) groups excluding carboxylic acids is 3. The number of nitrogens with one attached hydrogen (secondary N) is 1. The quantitative estimate of drug-likeness (QED) is 0.340. The number of ketones is 1. The van der Waals surface area contributed by atoms with Crippen molar-refractivity contribution in [2.45, 2.75) is 13.0 Å². The molecule has 0 saturated carbocycles. The van der Waals surface area contributed by atoms with Gasteiger partial charge in [-0.25, -0.2) is 4.39 Å². The largest absolute Gasteiger partial charge is 0.507 e. The molecule has 2 amide bonds. The van der Waals surface area contributed by atoms with Gasteiger partial charge in [0.1, 0.15) is 23.4 Å². The molecule has 9 heteroatoms. The number of methoxy groups -OCH3 is 1. The van der Waals surface area contributed by atoms with E-state index in [0.29, 0.717) is 17.1 Å². The van der Waals surface area contributed by atoms with E-state index in [4.69, 9.17) is 4.74 Å². The number of aliphatic hydroxyl groups is 1. The molecular formula is C25H20FN3O5. The number of hydrogen-bond donors (Lipinski definition) is 2. The first-order valence-electron chi connectivity index (χ1n) is 10.2. The van der Waals surface area contributed by atoms with Crippen LogP contribution < -0.4 is 15.0 Å². The van der Waals surface area contributed by atoms with E-state index in [1.165, 1.54) is 31.2 Å². The fourth-order valence-corrected chi connectivity index (χ4v) is 3.84. The molecule has 4 rings (SSSR count). The molecule has 3 aromatic rings. The normalized spacial score (nSPS) is 17.0.